The summed E-state index contributed by atoms with van der Waals surface area (Å²) in [6.45, 7) is 1.93. The highest BCUT2D eigenvalue weighted by Crippen LogP contribution is 2.36. The van der Waals surface area contributed by atoms with Crippen LogP contribution in [-0.2, 0) is 9.59 Å². The fourth-order valence-electron chi connectivity index (χ4n) is 2.95. The number of amides is 2. The summed E-state index contributed by atoms with van der Waals surface area (Å²) in [5.74, 6) is -3.04. The second-order valence-electron chi connectivity index (χ2n) is 6.26. The molecule has 1 N–H and O–H groups in total. The van der Waals surface area contributed by atoms with Crippen molar-refractivity contribution in [1.29, 1.82) is 0 Å². The molecule has 2 heterocycles. The van der Waals surface area contributed by atoms with Gasteiger partial charge in [-0.05, 0) is 42.6 Å². The van der Waals surface area contributed by atoms with E-state index in [9.17, 15) is 18.4 Å². The van der Waals surface area contributed by atoms with E-state index >= 15 is 0 Å². The van der Waals surface area contributed by atoms with Gasteiger partial charge in [-0.15, -0.1) is 11.3 Å². The smallest absolute Gasteiger partial charge is 0.282 e. The van der Waals surface area contributed by atoms with Crippen molar-refractivity contribution in [2.45, 2.75) is 6.92 Å². The predicted octanol–water partition coefficient (Wildman–Crippen LogP) is 4.73. The maximum atomic E-state index is 14.3. The van der Waals surface area contributed by atoms with Crippen molar-refractivity contribution in [3.63, 3.8) is 0 Å². The number of nitrogens with zero attached hydrogens (tertiary/aromatic N) is 1. The number of anilines is 2. The molecule has 0 spiro atoms. The first kappa shape index (κ1) is 18.1. The summed E-state index contributed by atoms with van der Waals surface area (Å²) in [7, 11) is 0. The molecule has 0 atom stereocenters. The van der Waals surface area contributed by atoms with E-state index in [0.717, 1.165) is 23.8 Å². The van der Waals surface area contributed by atoms with Gasteiger partial charge in [0.1, 0.15) is 17.3 Å². The van der Waals surface area contributed by atoms with Crippen LogP contribution in [0, 0.1) is 18.6 Å². The SMILES string of the molecule is Cc1ccc(NC2=C(c3cccs3)C(=O)N(c3cc(F)ccc3F)C2=O)cc1. The van der Waals surface area contributed by atoms with Gasteiger partial charge in [-0.3, -0.25) is 9.59 Å². The Morgan fingerprint density at radius 3 is 2.39 bits per heavy atom. The van der Waals surface area contributed by atoms with Crippen LogP contribution in [0.1, 0.15) is 10.4 Å². The van der Waals surface area contributed by atoms with Gasteiger partial charge in [0, 0.05) is 16.6 Å². The summed E-state index contributed by atoms with van der Waals surface area (Å²) < 4.78 is 28.0. The Kier molecular flexibility index (Phi) is 4.52. The van der Waals surface area contributed by atoms with E-state index in [0.29, 0.717) is 15.5 Å². The maximum Gasteiger partial charge on any atom is 0.282 e. The average Bonchev–Trinajstić information content (AvgIpc) is 3.27. The topological polar surface area (TPSA) is 49.4 Å². The van der Waals surface area contributed by atoms with Crippen LogP contribution in [0.15, 0.2) is 65.7 Å². The molecule has 1 aliphatic rings. The van der Waals surface area contributed by atoms with E-state index in [1.54, 1.807) is 29.6 Å². The average molecular weight is 396 g/mol. The summed E-state index contributed by atoms with van der Waals surface area (Å²) in [4.78, 5) is 27.3. The third-order valence-electron chi connectivity index (χ3n) is 4.32. The first-order chi connectivity index (χ1) is 13.5. The molecule has 1 aliphatic heterocycles. The van der Waals surface area contributed by atoms with Crippen LogP contribution in [0.25, 0.3) is 5.57 Å². The molecule has 4 nitrogen and oxygen atoms in total. The minimum atomic E-state index is -0.856. The van der Waals surface area contributed by atoms with Crippen LogP contribution in [0.4, 0.5) is 20.2 Å². The molecule has 1 aromatic heterocycles. The lowest BCUT2D eigenvalue weighted by Crippen LogP contribution is -2.33. The summed E-state index contributed by atoms with van der Waals surface area (Å²) in [5.41, 5.74) is 1.39. The Morgan fingerprint density at radius 2 is 1.71 bits per heavy atom. The second kappa shape index (κ2) is 7.01. The quantitative estimate of drug-likeness (QED) is 0.649. The molecule has 0 saturated carbocycles. The van der Waals surface area contributed by atoms with Gasteiger partial charge in [0.2, 0.25) is 0 Å². The van der Waals surface area contributed by atoms with Crippen molar-refractivity contribution in [3.8, 4) is 0 Å². The van der Waals surface area contributed by atoms with Crippen molar-refractivity contribution in [2.24, 2.45) is 0 Å². The Balaban J connectivity index is 1.82. The van der Waals surface area contributed by atoms with Gasteiger partial charge in [0.15, 0.2) is 0 Å². The van der Waals surface area contributed by atoms with Gasteiger partial charge in [0.05, 0.1) is 11.3 Å². The number of imide groups is 1. The minimum Gasteiger partial charge on any atom is -0.350 e. The van der Waals surface area contributed by atoms with Gasteiger partial charge in [0.25, 0.3) is 11.8 Å². The van der Waals surface area contributed by atoms with Crippen LogP contribution in [-0.4, -0.2) is 11.8 Å². The fraction of sp³-hybridized carbons (Fsp3) is 0.0476. The van der Waals surface area contributed by atoms with Crippen molar-refractivity contribution >= 4 is 40.1 Å². The van der Waals surface area contributed by atoms with Gasteiger partial charge >= 0.3 is 0 Å². The number of nitrogens with one attached hydrogen (secondary N) is 1. The Morgan fingerprint density at radius 1 is 0.964 bits per heavy atom. The molecule has 2 aromatic carbocycles. The number of halogens is 2. The molecular formula is C21H14F2N2O2S. The lowest BCUT2D eigenvalue weighted by atomic mass is 10.1. The molecule has 28 heavy (non-hydrogen) atoms. The standard InChI is InChI=1S/C21H14F2N2O2S/c1-12-4-7-14(8-5-12)24-19-18(17-3-2-10-28-17)20(26)25(21(19)27)16-11-13(22)6-9-15(16)23/h2-11,24H,1H3. The summed E-state index contributed by atoms with van der Waals surface area (Å²) in [5, 5.41) is 4.75. The Labute approximate surface area is 163 Å². The first-order valence-corrected chi connectivity index (χ1v) is 9.29. The first-order valence-electron chi connectivity index (χ1n) is 8.41. The highest BCUT2D eigenvalue weighted by molar-refractivity contribution is 7.11. The van der Waals surface area contributed by atoms with E-state index in [4.69, 9.17) is 0 Å². The largest absolute Gasteiger partial charge is 0.350 e. The summed E-state index contributed by atoms with van der Waals surface area (Å²) in [6.07, 6.45) is 0. The number of benzene rings is 2. The molecule has 3 aromatic rings. The van der Waals surface area contributed by atoms with Crippen LogP contribution in [0.3, 0.4) is 0 Å². The van der Waals surface area contributed by atoms with Gasteiger partial charge in [-0.2, -0.15) is 0 Å². The van der Waals surface area contributed by atoms with Crippen LogP contribution in [0.2, 0.25) is 0 Å². The predicted molar refractivity (Wildman–Crippen MR) is 105 cm³/mol. The molecule has 0 saturated heterocycles. The number of carbonyl (C=O) groups is 2. The number of thiophene rings is 1. The molecule has 0 unspecified atom stereocenters. The fourth-order valence-corrected chi connectivity index (χ4v) is 3.72. The highest BCUT2D eigenvalue weighted by Gasteiger charge is 2.41. The number of aryl methyl sites for hydroxylation is 1. The van der Waals surface area contributed by atoms with Gasteiger partial charge in [-0.25, -0.2) is 13.7 Å². The number of rotatable bonds is 4. The summed E-state index contributed by atoms with van der Waals surface area (Å²) in [6, 6.07) is 13.4. The van der Waals surface area contributed by atoms with Crippen LogP contribution < -0.4 is 10.2 Å². The van der Waals surface area contributed by atoms with E-state index in [1.165, 1.54) is 11.3 Å². The maximum absolute atomic E-state index is 14.3. The van der Waals surface area contributed by atoms with E-state index in [1.807, 2.05) is 19.1 Å². The zero-order chi connectivity index (χ0) is 19.8. The molecule has 4 rings (SSSR count). The van der Waals surface area contributed by atoms with Crippen molar-refractivity contribution in [2.75, 3.05) is 10.2 Å². The molecule has 140 valence electrons. The van der Waals surface area contributed by atoms with Gasteiger partial charge < -0.3 is 5.32 Å². The van der Waals surface area contributed by atoms with Crippen molar-refractivity contribution in [1.82, 2.24) is 0 Å². The number of hydrogen-bond acceptors (Lipinski definition) is 4. The molecule has 0 radical (unpaired) electrons. The monoisotopic (exact) mass is 396 g/mol. The number of hydrogen-bond donors (Lipinski definition) is 1. The second-order valence-corrected chi connectivity index (χ2v) is 7.21. The van der Waals surface area contributed by atoms with Gasteiger partial charge in [-0.1, -0.05) is 23.8 Å². The number of carbonyl (C=O) groups excluding carboxylic acids is 2. The van der Waals surface area contributed by atoms with E-state index in [2.05, 4.69) is 5.32 Å². The molecule has 7 heteroatoms. The van der Waals surface area contributed by atoms with Crippen molar-refractivity contribution < 1.29 is 18.4 Å². The Hall–Kier alpha value is -3.32. The zero-order valence-corrected chi connectivity index (χ0v) is 15.5. The third-order valence-corrected chi connectivity index (χ3v) is 5.21. The lowest BCUT2D eigenvalue weighted by molar-refractivity contribution is -0.120. The van der Waals surface area contributed by atoms with E-state index in [-0.39, 0.29) is 11.3 Å². The molecular weight excluding hydrogens is 382 g/mol. The molecule has 2 amide bonds. The van der Waals surface area contributed by atoms with Crippen LogP contribution in [0.5, 0.6) is 0 Å². The molecule has 0 fully saturated rings. The molecule has 0 bridgehead atoms. The van der Waals surface area contributed by atoms with Crippen molar-refractivity contribution in [3.05, 3.63) is 87.7 Å². The third kappa shape index (κ3) is 3.10. The lowest BCUT2D eigenvalue weighted by Gasteiger charge is -2.16. The summed E-state index contributed by atoms with van der Waals surface area (Å²) >= 11 is 1.28. The molecule has 0 aliphatic carbocycles. The minimum absolute atomic E-state index is 0.0277. The zero-order valence-electron chi connectivity index (χ0n) is 14.7. The Bertz CT molecular complexity index is 1110. The van der Waals surface area contributed by atoms with Crippen LogP contribution >= 0.6 is 11.3 Å². The highest BCUT2D eigenvalue weighted by atomic mass is 32.1. The normalized spacial score (nSPS) is 14.2. The van der Waals surface area contributed by atoms with E-state index < -0.39 is 29.1 Å².